The molecule has 0 saturated carbocycles. The van der Waals surface area contributed by atoms with Gasteiger partial charge in [0.05, 0.1) is 59.2 Å². The van der Waals surface area contributed by atoms with E-state index >= 15 is 0 Å². The molecule has 0 amide bonds. The molecule has 0 aromatic heterocycles. The van der Waals surface area contributed by atoms with Gasteiger partial charge in [0.15, 0.2) is 0 Å². The molecule has 2 N–H and O–H groups in total. The normalized spacial score (nSPS) is 14.9. The molecule has 0 heterocycles. The lowest BCUT2D eigenvalue weighted by Crippen LogP contribution is -2.44. The van der Waals surface area contributed by atoms with Gasteiger partial charge in [-0.3, -0.25) is 9.59 Å². The number of esters is 3. The van der Waals surface area contributed by atoms with Gasteiger partial charge >= 0.3 is 17.9 Å². The number of aliphatic hydroxyl groups excluding tert-OH is 2. The number of hydrogen-bond donors (Lipinski definition) is 2. The smallest absolute Gasteiger partial charge is 0.338 e. The van der Waals surface area contributed by atoms with E-state index in [-0.39, 0.29) is 44.5 Å². The Morgan fingerprint density at radius 2 is 1.29 bits per heavy atom. The number of aliphatic hydroxyl groups is 2. The van der Waals surface area contributed by atoms with Crippen molar-refractivity contribution in [1.82, 2.24) is 0 Å². The minimum atomic E-state index is -1.33. The van der Waals surface area contributed by atoms with Crippen LogP contribution in [0.4, 0.5) is 0 Å². The van der Waals surface area contributed by atoms with E-state index in [0.29, 0.717) is 48.5 Å². The fourth-order valence-corrected chi connectivity index (χ4v) is 10.00. The van der Waals surface area contributed by atoms with E-state index in [4.69, 9.17) is 26.4 Å². The molecule has 9 nitrogen and oxygen atoms in total. The molecule has 0 fully saturated rings. The predicted molar refractivity (Wildman–Crippen MR) is 260 cm³/mol. The SMILES string of the molecule is CCCCCC(CC)CCCCCCOC(=O)c1ccc(C(CC(C)(C)C#N)CC(C)(CC(C)(SC(=S)c2ccccc2)C(=O)OCCCCC(O)CO)C(=O)OCCCC)cc1. The van der Waals surface area contributed by atoms with Gasteiger partial charge in [0.1, 0.15) is 4.75 Å². The monoisotopic (exact) mass is 910 g/mol. The van der Waals surface area contributed by atoms with Crippen LogP contribution in [0.3, 0.4) is 0 Å². The summed E-state index contributed by atoms with van der Waals surface area (Å²) < 4.78 is 16.7. The number of unbranched alkanes of at least 4 members (excludes halogenated alkanes) is 7. The van der Waals surface area contributed by atoms with Crippen LogP contribution in [0.15, 0.2) is 54.6 Å². The molecule has 352 valence electrons. The summed E-state index contributed by atoms with van der Waals surface area (Å²) in [4.78, 5) is 41.8. The Balaban J connectivity index is 2.35. The van der Waals surface area contributed by atoms with Gasteiger partial charge in [0, 0.05) is 0 Å². The zero-order valence-electron chi connectivity index (χ0n) is 39.6. The maximum absolute atomic E-state index is 14.4. The molecule has 2 aromatic carbocycles. The number of rotatable bonds is 33. The van der Waals surface area contributed by atoms with Crippen LogP contribution in [-0.4, -0.2) is 69.6 Å². The minimum absolute atomic E-state index is 0.0245. The highest BCUT2D eigenvalue weighted by Gasteiger charge is 2.49. The lowest BCUT2D eigenvalue weighted by molar-refractivity contribution is -0.158. The van der Waals surface area contributed by atoms with Crippen molar-refractivity contribution >= 4 is 46.1 Å². The Labute approximate surface area is 389 Å². The molecule has 0 aliphatic heterocycles. The molecule has 5 unspecified atom stereocenters. The molecule has 0 radical (unpaired) electrons. The van der Waals surface area contributed by atoms with Crippen molar-refractivity contribution in [3.05, 3.63) is 71.3 Å². The molecule has 5 atom stereocenters. The molecule has 0 saturated heterocycles. The molecule has 11 heteroatoms. The second kappa shape index (κ2) is 30.0. The quantitative estimate of drug-likeness (QED) is 0.0306. The van der Waals surface area contributed by atoms with Gasteiger partial charge in [0.2, 0.25) is 0 Å². The number of carbonyl (C=O) groups excluding carboxylic acids is 3. The van der Waals surface area contributed by atoms with Gasteiger partial charge in [-0.2, -0.15) is 5.26 Å². The Morgan fingerprint density at radius 1 is 0.714 bits per heavy atom. The number of nitriles is 1. The number of hydrogen-bond acceptors (Lipinski definition) is 11. The Morgan fingerprint density at radius 3 is 1.90 bits per heavy atom. The molecule has 2 rings (SSSR count). The molecular formula is C52H79NO8S2. The Bertz CT molecular complexity index is 1680. The maximum Gasteiger partial charge on any atom is 0.338 e. The van der Waals surface area contributed by atoms with E-state index in [1.807, 2.05) is 70.2 Å². The van der Waals surface area contributed by atoms with E-state index in [1.165, 1.54) is 56.7 Å². The van der Waals surface area contributed by atoms with Gasteiger partial charge in [-0.25, -0.2) is 4.79 Å². The zero-order valence-corrected chi connectivity index (χ0v) is 41.2. The summed E-state index contributed by atoms with van der Waals surface area (Å²) in [6, 6.07) is 19.1. The summed E-state index contributed by atoms with van der Waals surface area (Å²) in [5, 5.41) is 29.2. The summed E-state index contributed by atoms with van der Waals surface area (Å²) >= 11 is 7.09. The van der Waals surface area contributed by atoms with Crippen molar-refractivity contribution in [3.63, 3.8) is 0 Å². The van der Waals surface area contributed by atoms with Crippen LogP contribution in [0, 0.1) is 28.1 Å². The van der Waals surface area contributed by atoms with E-state index in [0.717, 1.165) is 42.7 Å². The van der Waals surface area contributed by atoms with Crippen LogP contribution in [0.5, 0.6) is 0 Å². The average Bonchev–Trinajstić information content (AvgIpc) is 3.27. The van der Waals surface area contributed by atoms with Crippen molar-refractivity contribution in [2.45, 2.75) is 181 Å². The average molecular weight is 910 g/mol. The lowest BCUT2D eigenvalue weighted by atomic mass is 9.69. The summed E-state index contributed by atoms with van der Waals surface area (Å²) in [7, 11) is 0. The summed E-state index contributed by atoms with van der Waals surface area (Å²) in [5.41, 5.74) is 0.0412. The highest BCUT2D eigenvalue weighted by Crippen LogP contribution is 2.48. The van der Waals surface area contributed by atoms with E-state index in [1.54, 1.807) is 19.1 Å². The number of carbonyl (C=O) groups is 3. The van der Waals surface area contributed by atoms with Crippen molar-refractivity contribution < 1.29 is 38.8 Å². The van der Waals surface area contributed by atoms with Crippen LogP contribution >= 0.6 is 24.0 Å². The third-order valence-corrected chi connectivity index (χ3v) is 13.7. The van der Waals surface area contributed by atoms with Crippen LogP contribution in [0.2, 0.25) is 0 Å². The fraction of sp³-hybridized carbons (Fsp3) is 0.673. The van der Waals surface area contributed by atoms with Gasteiger partial charge in [-0.1, -0.05) is 151 Å². The summed E-state index contributed by atoms with van der Waals surface area (Å²) in [6.45, 7) is 14.2. The highest BCUT2D eigenvalue weighted by molar-refractivity contribution is 8.25. The number of ether oxygens (including phenoxy) is 3. The lowest BCUT2D eigenvalue weighted by Gasteiger charge is -2.39. The van der Waals surface area contributed by atoms with Gasteiger partial charge in [-0.05, 0) is 114 Å². The molecule has 2 aromatic rings. The van der Waals surface area contributed by atoms with Crippen molar-refractivity contribution in [2.75, 3.05) is 26.4 Å². The second-order valence-corrected chi connectivity index (χ2v) is 20.7. The first-order valence-corrected chi connectivity index (χ1v) is 24.9. The molecule has 0 spiro atoms. The fourth-order valence-electron chi connectivity index (χ4n) is 8.11. The Hall–Kier alpha value is -3.30. The first-order valence-electron chi connectivity index (χ1n) is 23.7. The van der Waals surface area contributed by atoms with Crippen LogP contribution in [0.25, 0.3) is 0 Å². The van der Waals surface area contributed by atoms with E-state index in [9.17, 15) is 29.9 Å². The minimum Gasteiger partial charge on any atom is -0.465 e. The third kappa shape index (κ3) is 21.0. The molecule has 0 aliphatic rings. The van der Waals surface area contributed by atoms with Crippen molar-refractivity contribution in [3.8, 4) is 6.07 Å². The molecule has 0 bridgehead atoms. The number of thiocarbonyl (C=S) groups is 1. The Kier molecular flexibility index (Phi) is 26.6. The van der Waals surface area contributed by atoms with Crippen molar-refractivity contribution in [2.24, 2.45) is 16.7 Å². The van der Waals surface area contributed by atoms with E-state index in [2.05, 4.69) is 19.9 Å². The van der Waals surface area contributed by atoms with E-state index < -0.39 is 33.6 Å². The predicted octanol–water partition coefficient (Wildman–Crippen LogP) is 12.5. The van der Waals surface area contributed by atoms with Crippen LogP contribution in [0.1, 0.15) is 191 Å². The second-order valence-electron chi connectivity index (χ2n) is 18.5. The summed E-state index contributed by atoms with van der Waals surface area (Å²) in [5.74, 6) is -0.884. The number of nitrogens with zero attached hydrogens (tertiary/aromatic N) is 1. The third-order valence-electron chi connectivity index (χ3n) is 12.0. The van der Waals surface area contributed by atoms with Gasteiger partial charge in [0.25, 0.3) is 0 Å². The van der Waals surface area contributed by atoms with Gasteiger partial charge in [-0.15, -0.1) is 0 Å². The standard InChI is InChI=1S/C52H79NO8S2/c1-8-11-16-23-40(10-3)24-17-13-14-21-33-59-46(56)42-30-28-41(29-31-42)44(35-50(4,5)39-53)36-51(6,48(57)60-32-12-9-2)38-52(7,63-47(62)43-25-18-15-19-26-43)49(58)61-34-22-20-27-45(55)37-54/h15,18-19,25-26,28-31,40,44-45,54-55H,8-14,16-17,20-24,27,32-38H2,1-7H3. The number of thioether (sulfide) groups is 1. The summed E-state index contributed by atoms with van der Waals surface area (Å²) in [6.07, 6.45) is 14.7. The first kappa shape index (κ1) is 55.8. The maximum atomic E-state index is 14.4. The molecule has 63 heavy (non-hydrogen) atoms. The topological polar surface area (TPSA) is 143 Å². The number of benzene rings is 2. The molecule has 0 aliphatic carbocycles. The van der Waals surface area contributed by atoms with Gasteiger partial charge < -0.3 is 24.4 Å². The molecular weight excluding hydrogens is 831 g/mol. The first-order chi connectivity index (χ1) is 30.1. The highest BCUT2D eigenvalue weighted by atomic mass is 32.2. The van der Waals surface area contributed by atoms with Crippen molar-refractivity contribution in [1.29, 1.82) is 5.26 Å². The largest absolute Gasteiger partial charge is 0.465 e. The van der Waals surface area contributed by atoms with Crippen LogP contribution in [-0.2, 0) is 23.8 Å². The zero-order chi connectivity index (χ0) is 46.7. The van der Waals surface area contributed by atoms with Crippen LogP contribution < -0.4 is 0 Å².